The lowest BCUT2D eigenvalue weighted by atomic mass is 10.0. The Hall–Kier alpha value is -2.17. The predicted molar refractivity (Wildman–Crippen MR) is 72.3 cm³/mol. The molecule has 19 heavy (non-hydrogen) atoms. The molecular formula is C14H17N3O2. The predicted octanol–water partition coefficient (Wildman–Crippen LogP) is 3.06. The van der Waals surface area contributed by atoms with Crippen molar-refractivity contribution in [1.82, 2.24) is 10.1 Å². The summed E-state index contributed by atoms with van der Waals surface area (Å²) in [5.41, 5.74) is 1.94. The Morgan fingerprint density at radius 3 is 2.68 bits per heavy atom. The van der Waals surface area contributed by atoms with Crippen molar-refractivity contribution in [3.63, 3.8) is 0 Å². The van der Waals surface area contributed by atoms with E-state index >= 15 is 0 Å². The summed E-state index contributed by atoms with van der Waals surface area (Å²) >= 11 is 0. The summed E-state index contributed by atoms with van der Waals surface area (Å²) in [5, 5.41) is 6.63. The molecule has 0 aliphatic rings. The first kappa shape index (κ1) is 13.3. The van der Waals surface area contributed by atoms with Crippen molar-refractivity contribution in [3.8, 4) is 0 Å². The molecule has 5 nitrogen and oxygen atoms in total. The van der Waals surface area contributed by atoms with Crippen LogP contribution < -0.4 is 5.32 Å². The minimum Gasteiger partial charge on any atom is -0.360 e. The van der Waals surface area contributed by atoms with Crippen molar-refractivity contribution in [2.75, 3.05) is 5.32 Å². The highest BCUT2D eigenvalue weighted by molar-refractivity contribution is 6.05. The highest BCUT2D eigenvalue weighted by Crippen LogP contribution is 2.23. The van der Waals surface area contributed by atoms with Gasteiger partial charge in [-0.15, -0.1) is 0 Å². The summed E-state index contributed by atoms with van der Waals surface area (Å²) in [6.07, 6.45) is 0. The minimum atomic E-state index is -0.236. The number of aryl methyl sites for hydroxylation is 2. The van der Waals surface area contributed by atoms with E-state index in [-0.39, 0.29) is 11.8 Å². The SMILES string of the molecule is Cc1cccc(NC(=O)c2c(C)noc2C(C)C)n1. The van der Waals surface area contributed by atoms with Crippen LogP contribution in [0.25, 0.3) is 0 Å². The van der Waals surface area contributed by atoms with Crippen LogP contribution in [0.15, 0.2) is 22.7 Å². The molecular weight excluding hydrogens is 242 g/mol. The molecule has 2 aromatic rings. The Labute approximate surface area is 112 Å². The Morgan fingerprint density at radius 1 is 1.32 bits per heavy atom. The van der Waals surface area contributed by atoms with Crippen molar-refractivity contribution in [1.29, 1.82) is 0 Å². The lowest BCUT2D eigenvalue weighted by Crippen LogP contribution is -2.15. The summed E-state index contributed by atoms with van der Waals surface area (Å²) in [7, 11) is 0. The van der Waals surface area contributed by atoms with E-state index in [0.717, 1.165) is 5.69 Å². The smallest absolute Gasteiger partial charge is 0.262 e. The van der Waals surface area contributed by atoms with Crippen LogP contribution in [0.3, 0.4) is 0 Å². The second-order valence-electron chi connectivity index (χ2n) is 4.78. The zero-order valence-corrected chi connectivity index (χ0v) is 11.5. The zero-order valence-electron chi connectivity index (χ0n) is 11.5. The van der Waals surface area contributed by atoms with E-state index < -0.39 is 0 Å². The van der Waals surface area contributed by atoms with E-state index in [1.807, 2.05) is 32.9 Å². The maximum Gasteiger partial charge on any atom is 0.262 e. The number of nitrogens with one attached hydrogen (secondary N) is 1. The molecule has 0 aliphatic heterocycles. The fourth-order valence-electron chi connectivity index (χ4n) is 1.85. The number of aromatic nitrogens is 2. The maximum absolute atomic E-state index is 12.3. The normalized spacial score (nSPS) is 10.8. The van der Waals surface area contributed by atoms with E-state index in [0.29, 0.717) is 22.8 Å². The van der Waals surface area contributed by atoms with Gasteiger partial charge in [-0.1, -0.05) is 25.1 Å². The minimum absolute atomic E-state index is 0.104. The molecule has 0 saturated heterocycles. The number of rotatable bonds is 3. The zero-order chi connectivity index (χ0) is 14.0. The Bertz CT molecular complexity index is 602. The fraction of sp³-hybridized carbons (Fsp3) is 0.357. The molecule has 2 heterocycles. The van der Waals surface area contributed by atoms with Crippen molar-refractivity contribution in [3.05, 3.63) is 40.9 Å². The number of hydrogen-bond donors (Lipinski definition) is 1. The van der Waals surface area contributed by atoms with Crippen LogP contribution in [0.4, 0.5) is 5.82 Å². The molecule has 0 atom stereocenters. The number of hydrogen-bond acceptors (Lipinski definition) is 4. The number of anilines is 1. The topological polar surface area (TPSA) is 68.0 Å². The third-order valence-electron chi connectivity index (χ3n) is 2.77. The van der Waals surface area contributed by atoms with Crippen LogP contribution in [0.5, 0.6) is 0 Å². The molecule has 0 aromatic carbocycles. The number of carbonyl (C=O) groups is 1. The van der Waals surface area contributed by atoms with Crippen molar-refractivity contribution < 1.29 is 9.32 Å². The molecule has 0 aliphatic carbocycles. The highest BCUT2D eigenvalue weighted by Gasteiger charge is 2.22. The second-order valence-corrected chi connectivity index (χ2v) is 4.78. The van der Waals surface area contributed by atoms with Gasteiger partial charge in [-0.2, -0.15) is 0 Å². The van der Waals surface area contributed by atoms with Crippen molar-refractivity contribution in [2.45, 2.75) is 33.6 Å². The monoisotopic (exact) mass is 259 g/mol. The van der Waals surface area contributed by atoms with Gasteiger partial charge in [0.1, 0.15) is 11.4 Å². The summed E-state index contributed by atoms with van der Waals surface area (Å²) in [5.74, 6) is 0.996. The van der Waals surface area contributed by atoms with Gasteiger partial charge in [0, 0.05) is 11.6 Å². The number of pyridine rings is 1. The first-order valence-corrected chi connectivity index (χ1v) is 6.20. The van der Waals surface area contributed by atoms with Crippen LogP contribution in [-0.4, -0.2) is 16.0 Å². The molecule has 0 saturated carbocycles. The average Bonchev–Trinajstić information content (AvgIpc) is 2.71. The fourth-order valence-corrected chi connectivity index (χ4v) is 1.85. The molecule has 1 N–H and O–H groups in total. The third kappa shape index (κ3) is 2.81. The van der Waals surface area contributed by atoms with E-state index in [1.54, 1.807) is 13.0 Å². The van der Waals surface area contributed by atoms with Crippen molar-refractivity contribution >= 4 is 11.7 Å². The summed E-state index contributed by atoms with van der Waals surface area (Å²) in [4.78, 5) is 16.5. The largest absolute Gasteiger partial charge is 0.360 e. The maximum atomic E-state index is 12.3. The van der Waals surface area contributed by atoms with Gasteiger partial charge in [-0.3, -0.25) is 4.79 Å². The van der Waals surface area contributed by atoms with Gasteiger partial charge in [0.25, 0.3) is 5.91 Å². The van der Waals surface area contributed by atoms with Gasteiger partial charge in [0.2, 0.25) is 0 Å². The van der Waals surface area contributed by atoms with Crippen LogP contribution in [0.1, 0.15) is 47.3 Å². The van der Waals surface area contributed by atoms with E-state index in [2.05, 4.69) is 15.5 Å². The van der Waals surface area contributed by atoms with Crippen LogP contribution in [0.2, 0.25) is 0 Å². The molecule has 1 amide bonds. The summed E-state index contributed by atoms with van der Waals surface area (Å²) in [6, 6.07) is 5.48. The number of nitrogens with zero attached hydrogens (tertiary/aromatic N) is 2. The molecule has 0 bridgehead atoms. The van der Waals surface area contributed by atoms with Crippen LogP contribution >= 0.6 is 0 Å². The number of amides is 1. The average molecular weight is 259 g/mol. The first-order chi connectivity index (χ1) is 8.99. The molecule has 2 aromatic heterocycles. The molecule has 0 unspecified atom stereocenters. The van der Waals surface area contributed by atoms with E-state index in [9.17, 15) is 4.79 Å². The van der Waals surface area contributed by atoms with Crippen molar-refractivity contribution in [2.24, 2.45) is 0 Å². The van der Waals surface area contributed by atoms with Gasteiger partial charge in [0.15, 0.2) is 5.76 Å². The molecule has 2 rings (SSSR count). The summed E-state index contributed by atoms with van der Waals surface area (Å²) < 4.78 is 5.21. The standard InChI is InChI=1S/C14H17N3O2/c1-8(2)13-12(10(4)17-19-13)14(18)16-11-7-5-6-9(3)15-11/h5-8H,1-4H3,(H,15,16,18). The first-order valence-electron chi connectivity index (χ1n) is 6.20. The molecule has 5 heteroatoms. The van der Waals surface area contributed by atoms with Crippen LogP contribution in [-0.2, 0) is 0 Å². The van der Waals surface area contributed by atoms with E-state index in [4.69, 9.17) is 4.52 Å². The third-order valence-corrected chi connectivity index (χ3v) is 2.77. The van der Waals surface area contributed by atoms with Gasteiger partial charge in [0.05, 0.1) is 5.69 Å². The summed E-state index contributed by atoms with van der Waals surface area (Å²) in [6.45, 7) is 7.55. The number of carbonyl (C=O) groups excluding carboxylic acids is 1. The van der Waals surface area contributed by atoms with Gasteiger partial charge >= 0.3 is 0 Å². The quantitative estimate of drug-likeness (QED) is 0.919. The molecule has 0 fully saturated rings. The lowest BCUT2D eigenvalue weighted by Gasteiger charge is -2.06. The highest BCUT2D eigenvalue weighted by atomic mass is 16.5. The molecule has 0 radical (unpaired) electrons. The Kier molecular flexibility index (Phi) is 3.64. The lowest BCUT2D eigenvalue weighted by molar-refractivity contribution is 0.102. The molecule has 0 spiro atoms. The van der Waals surface area contributed by atoms with E-state index in [1.165, 1.54) is 0 Å². The molecule has 100 valence electrons. The van der Waals surface area contributed by atoms with Gasteiger partial charge in [-0.05, 0) is 26.0 Å². The van der Waals surface area contributed by atoms with Gasteiger partial charge in [-0.25, -0.2) is 4.98 Å². The Balaban J connectivity index is 2.28. The second kappa shape index (κ2) is 5.22. The Morgan fingerprint density at radius 2 is 2.05 bits per heavy atom. The van der Waals surface area contributed by atoms with Crippen LogP contribution in [0, 0.1) is 13.8 Å². The van der Waals surface area contributed by atoms with Gasteiger partial charge < -0.3 is 9.84 Å².